The van der Waals surface area contributed by atoms with Crippen molar-refractivity contribution in [2.45, 2.75) is 18.9 Å². The number of rotatable bonds is 4. The van der Waals surface area contributed by atoms with E-state index in [1.54, 1.807) is 13.3 Å². The zero-order valence-corrected chi connectivity index (χ0v) is 11.7. The summed E-state index contributed by atoms with van der Waals surface area (Å²) in [4.78, 5) is 10.7. The van der Waals surface area contributed by atoms with Crippen LogP contribution >= 0.6 is 15.9 Å². The van der Waals surface area contributed by atoms with E-state index >= 15 is 0 Å². The normalized spacial score (nSPS) is 19.4. The minimum Gasteiger partial charge on any atom is -0.480 e. The second kappa shape index (κ2) is 5.64. The fraction of sp³-hybridized carbons (Fsp3) is 0.636. The summed E-state index contributed by atoms with van der Waals surface area (Å²) in [5.74, 6) is 1.26. The van der Waals surface area contributed by atoms with Crippen LogP contribution in [0, 0.1) is 0 Å². The minimum absolute atomic E-state index is 0.540. The van der Waals surface area contributed by atoms with Crippen LogP contribution in [0.4, 0.5) is 5.95 Å². The summed E-state index contributed by atoms with van der Waals surface area (Å²) in [6.45, 7) is 2.04. The van der Waals surface area contributed by atoms with Crippen LogP contribution in [0.15, 0.2) is 10.7 Å². The van der Waals surface area contributed by atoms with Crippen molar-refractivity contribution in [2.75, 3.05) is 32.1 Å². The SMILES string of the molecule is COc1nc(N(C)CC2CCCN2)ncc1Br. The molecule has 0 radical (unpaired) electrons. The number of methoxy groups -OCH3 is 1. The number of nitrogens with zero attached hydrogens (tertiary/aromatic N) is 3. The van der Waals surface area contributed by atoms with Crippen LogP contribution in [0.2, 0.25) is 0 Å². The summed E-state index contributed by atoms with van der Waals surface area (Å²) in [5.41, 5.74) is 0. The summed E-state index contributed by atoms with van der Waals surface area (Å²) in [5, 5.41) is 3.46. The third-order valence-corrected chi connectivity index (χ3v) is 3.43. The van der Waals surface area contributed by atoms with E-state index in [1.807, 2.05) is 7.05 Å². The van der Waals surface area contributed by atoms with Crippen molar-refractivity contribution < 1.29 is 4.74 Å². The van der Waals surface area contributed by atoms with Crippen LogP contribution < -0.4 is 15.0 Å². The molecule has 5 nitrogen and oxygen atoms in total. The molecule has 0 aromatic carbocycles. The second-order valence-electron chi connectivity index (χ2n) is 4.20. The summed E-state index contributed by atoms with van der Waals surface area (Å²) in [6, 6.07) is 0.540. The Morgan fingerprint density at radius 3 is 3.12 bits per heavy atom. The molecule has 1 aliphatic rings. The topological polar surface area (TPSA) is 50.3 Å². The van der Waals surface area contributed by atoms with E-state index in [0.717, 1.165) is 17.6 Å². The number of hydrogen-bond donors (Lipinski definition) is 1. The predicted octanol–water partition coefficient (Wildman–Crippen LogP) is 1.44. The number of aromatic nitrogens is 2. The first-order chi connectivity index (χ1) is 8.20. The Balaban J connectivity index is 2.04. The van der Waals surface area contributed by atoms with E-state index in [1.165, 1.54) is 12.8 Å². The summed E-state index contributed by atoms with van der Waals surface area (Å²) >= 11 is 3.35. The van der Waals surface area contributed by atoms with Crippen molar-refractivity contribution in [1.82, 2.24) is 15.3 Å². The van der Waals surface area contributed by atoms with Crippen molar-refractivity contribution in [3.8, 4) is 5.88 Å². The largest absolute Gasteiger partial charge is 0.480 e. The Bertz CT molecular complexity index is 382. The third kappa shape index (κ3) is 3.07. The highest BCUT2D eigenvalue weighted by Gasteiger charge is 2.18. The minimum atomic E-state index is 0.540. The van der Waals surface area contributed by atoms with Gasteiger partial charge in [-0.3, -0.25) is 0 Å². The van der Waals surface area contributed by atoms with E-state index in [0.29, 0.717) is 17.9 Å². The number of anilines is 1. The van der Waals surface area contributed by atoms with Crippen molar-refractivity contribution >= 4 is 21.9 Å². The zero-order valence-electron chi connectivity index (χ0n) is 10.1. The van der Waals surface area contributed by atoms with E-state index in [4.69, 9.17) is 4.74 Å². The number of halogens is 1. The zero-order chi connectivity index (χ0) is 12.3. The molecule has 0 bridgehead atoms. The molecule has 1 fully saturated rings. The molecule has 94 valence electrons. The number of nitrogens with one attached hydrogen (secondary N) is 1. The molecule has 1 aliphatic heterocycles. The maximum absolute atomic E-state index is 5.17. The maximum Gasteiger partial charge on any atom is 0.232 e. The molecule has 0 spiro atoms. The van der Waals surface area contributed by atoms with Crippen LogP contribution in [0.3, 0.4) is 0 Å². The van der Waals surface area contributed by atoms with Crippen LogP contribution in [-0.4, -0.2) is 43.3 Å². The van der Waals surface area contributed by atoms with Gasteiger partial charge in [0.05, 0.1) is 17.8 Å². The Morgan fingerprint density at radius 1 is 1.65 bits per heavy atom. The lowest BCUT2D eigenvalue weighted by Gasteiger charge is -2.21. The van der Waals surface area contributed by atoms with Crippen molar-refractivity contribution in [3.63, 3.8) is 0 Å². The fourth-order valence-electron chi connectivity index (χ4n) is 1.99. The molecular formula is C11H17BrN4O. The Labute approximate surface area is 110 Å². The molecule has 0 aliphatic carbocycles. The lowest BCUT2D eigenvalue weighted by atomic mass is 10.2. The molecule has 2 heterocycles. The highest BCUT2D eigenvalue weighted by Crippen LogP contribution is 2.23. The summed E-state index contributed by atoms with van der Waals surface area (Å²) < 4.78 is 5.94. The van der Waals surface area contributed by atoms with E-state index in [9.17, 15) is 0 Å². The van der Waals surface area contributed by atoms with Crippen LogP contribution in [0.25, 0.3) is 0 Å². The van der Waals surface area contributed by atoms with Gasteiger partial charge in [0, 0.05) is 19.6 Å². The molecule has 1 N–H and O–H groups in total. The third-order valence-electron chi connectivity index (χ3n) is 2.89. The van der Waals surface area contributed by atoms with Gasteiger partial charge in [-0.2, -0.15) is 4.98 Å². The standard InChI is InChI=1S/C11H17BrN4O/c1-16(7-8-4-3-5-13-8)11-14-6-9(12)10(15-11)17-2/h6,8,13H,3-5,7H2,1-2H3. The van der Waals surface area contributed by atoms with Gasteiger partial charge in [-0.1, -0.05) is 0 Å². The first-order valence-electron chi connectivity index (χ1n) is 5.71. The van der Waals surface area contributed by atoms with Crippen LogP contribution in [-0.2, 0) is 0 Å². The molecule has 0 amide bonds. The van der Waals surface area contributed by atoms with Gasteiger partial charge in [0.1, 0.15) is 0 Å². The molecule has 1 saturated heterocycles. The van der Waals surface area contributed by atoms with Gasteiger partial charge >= 0.3 is 0 Å². The van der Waals surface area contributed by atoms with E-state index < -0.39 is 0 Å². The quantitative estimate of drug-likeness (QED) is 0.912. The van der Waals surface area contributed by atoms with Crippen molar-refractivity contribution in [1.29, 1.82) is 0 Å². The van der Waals surface area contributed by atoms with Crippen molar-refractivity contribution in [3.05, 3.63) is 10.7 Å². The Hall–Kier alpha value is -0.880. The van der Waals surface area contributed by atoms with Crippen molar-refractivity contribution in [2.24, 2.45) is 0 Å². The molecule has 1 aromatic heterocycles. The lowest BCUT2D eigenvalue weighted by molar-refractivity contribution is 0.393. The molecule has 6 heteroatoms. The van der Waals surface area contributed by atoms with Gasteiger partial charge in [-0.05, 0) is 35.3 Å². The van der Waals surface area contributed by atoms with E-state index in [-0.39, 0.29) is 0 Å². The Morgan fingerprint density at radius 2 is 2.47 bits per heavy atom. The van der Waals surface area contributed by atoms with Gasteiger partial charge in [-0.25, -0.2) is 4.98 Å². The number of hydrogen-bond acceptors (Lipinski definition) is 5. The molecule has 1 unspecified atom stereocenters. The van der Waals surface area contributed by atoms with E-state index in [2.05, 4.69) is 36.1 Å². The molecule has 1 aromatic rings. The monoisotopic (exact) mass is 300 g/mol. The van der Waals surface area contributed by atoms with Gasteiger partial charge in [-0.15, -0.1) is 0 Å². The highest BCUT2D eigenvalue weighted by atomic mass is 79.9. The average Bonchev–Trinajstić information content (AvgIpc) is 2.82. The second-order valence-corrected chi connectivity index (χ2v) is 5.06. The van der Waals surface area contributed by atoms with Gasteiger partial charge in [0.2, 0.25) is 11.8 Å². The van der Waals surface area contributed by atoms with Gasteiger partial charge in [0.15, 0.2) is 0 Å². The first-order valence-corrected chi connectivity index (χ1v) is 6.51. The average molecular weight is 301 g/mol. The molecular weight excluding hydrogens is 284 g/mol. The molecule has 1 atom stereocenters. The highest BCUT2D eigenvalue weighted by molar-refractivity contribution is 9.10. The number of likely N-dealkylation sites (N-methyl/N-ethyl adjacent to an activating group) is 1. The predicted molar refractivity (Wildman–Crippen MR) is 70.6 cm³/mol. The molecule has 2 rings (SSSR count). The molecule has 0 saturated carbocycles. The summed E-state index contributed by atoms with van der Waals surface area (Å²) in [6.07, 6.45) is 4.20. The van der Waals surface area contributed by atoms with Gasteiger partial charge < -0.3 is 15.0 Å². The van der Waals surface area contributed by atoms with Crippen LogP contribution in [0.1, 0.15) is 12.8 Å². The number of ether oxygens (including phenoxy) is 1. The van der Waals surface area contributed by atoms with Crippen LogP contribution in [0.5, 0.6) is 5.88 Å². The van der Waals surface area contributed by atoms with Gasteiger partial charge in [0.25, 0.3) is 0 Å². The first kappa shape index (κ1) is 12.6. The lowest BCUT2D eigenvalue weighted by Crippen LogP contribution is -2.36. The fourth-order valence-corrected chi connectivity index (χ4v) is 2.35. The maximum atomic E-state index is 5.17. The molecule has 17 heavy (non-hydrogen) atoms. The Kier molecular flexibility index (Phi) is 4.17. The smallest absolute Gasteiger partial charge is 0.232 e. The summed E-state index contributed by atoms with van der Waals surface area (Å²) in [7, 11) is 3.61.